The molecule has 0 saturated carbocycles. The minimum atomic E-state index is 0.470. The van der Waals surface area contributed by atoms with Gasteiger partial charge in [0.05, 0.1) is 0 Å². The molecule has 1 fully saturated rings. The molecule has 2 nitrogen and oxygen atoms in total. The minimum absolute atomic E-state index is 0.470. The number of likely N-dealkylation sites (tertiary alicyclic amines) is 1. The second-order valence-corrected chi connectivity index (χ2v) is 6.41. The lowest BCUT2D eigenvalue weighted by atomic mass is 9.84. The third-order valence-corrected chi connectivity index (χ3v) is 3.58. The van der Waals surface area contributed by atoms with E-state index in [1.165, 1.54) is 31.5 Å². The van der Waals surface area contributed by atoms with Crippen LogP contribution >= 0.6 is 15.9 Å². The van der Waals surface area contributed by atoms with Crippen molar-refractivity contribution in [1.82, 2.24) is 9.88 Å². The second-order valence-electron chi connectivity index (χ2n) is 5.49. The van der Waals surface area contributed by atoms with Crippen molar-refractivity contribution in [2.24, 2.45) is 5.41 Å². The first kappa shape index (κ1) is 12.1. The van der Waals surface area contributed by atoms with Gasteiger partial charge in [-0.05, 0) is 52.4 Å². The highest BCUT2D eigenvalue weighted by molar-refractivity contribution is 9.10. The Labute approximate surface area is 106 Å². The first-order chi connectivity index (χ1) is 7.55. The topological polar surface area (TPSA) is 16.1 Å². The maximum absolute atomic E-state index is 4.21. The highest BCUT2D eigenvalue weighted by atomic mass is 79.9. The molecular weight excluding hydrogens is 264 g/mol. The quantitative estimate of drug-likeness (QED) is 0.826. The maximum Gasteiger partial charge on any atom is 0.0410 e. The molecule has 0 aromatic carbocycles. The van der Waals surface area contributed by atoms with Crippen LogP contribution in [-0.4, -0.2) is 23.0 Å². The Balaban J connectivity index is 1.99. The van der Waals surface area contributed by atoms with Gasteiger partial charge in [-0.2, -0.15) is 0 Å². The zero-order valence-electron chi connectivity index (χ0n) is 10.0. The molecule has 1 aromatic rings. The van der Waals surface area contributed by atoms with E-state index in [0.717, 1.165) is 11.0 Å². The van der Waals surface area contributed by atoms with E-state index >= 15 is 0 Å². The van der Waals surface area contributed by atoms with Crippen LogP contribution in [-0.2, 0) is 6.54 Å². The smallest absolute Gasteiger partial charge is 0.0410 e. The number of hydrogen-bond donors (Lipinski definition) is 0. The summed E-state index contributed by atoms with van der Waals surface area (Å²) in [5, 5.41) is 0. The van der Waals surface area contributed by atoms with Crippen molar-refractivity contribution in [2.45, 2.75) is 33.2 Å². The van der Waals surface area contributed by atoms with Gasteiger partial charge in [0.2, 0.25) is 0 Å². The van der Waals surface area contributed by atoms with E-state index in [0.29, 0.717) is 5.41 Å². The van der Waals surface area contributed by atoms with Crippen molar-refractivity contribution >= 4 is 15.9 Å². The van der Waals surface area contributed by atoms with E-state index in [9.17, 15) is 0 Å². The Morgan fingerprint density at radius 2 is 2.25 bits per heavy atom. The zero-order chi connectivity index (χ0) is 11.6. The number of pyridine rings is 1. The number of piperidine rings is 1. The molecule has 0 N–H and O–H groups in total. The van der Waals surface area contributed by atoms with Gasteiger partial charge in [0, 0.05) is 30.0 Å². The second kappa shape index (κ2) is 4.84. The summed E-state index contributed by atoms with van der Waals surface area (Å²) < 4.78 is 1.07. The Bertz CT molecular complexity index is 363. The van der Waals surface area contributed by atoms with Crippen LogP contribution in [0, 0.1) is 5.41 Å². The third-order valence-electron chi connectivity index (χ3n) is 3.15. The molecule has 0 spiro atoms. The summed E-state index contributed by atoms with van der Waals surface area (Å²) in [5.74, 6) is 0. The van der Waals surface area contributed by atoms with Crippen LogP contribution in [0.25, 0.3) is 0 Å². The fraction of sp³-hybridized carbons (Fsp3) is 0.615. The van der Waals surface area contributed by atoms with Gasteiger partial charge in [0.25, 0.3) is 0 Å². The molecule has 3 heteroatoms. The van der Waals surface area contributed by atoms with Gasteiger partial charge in [-0.25, -0.2) is 0 Å². The lowest BCUT2D eigenvalue weighted by molar-refractivity contribution is 0.111. The van der Waals surface area contributed by atoms with Crippen LogP contribution in [0.1, 0.15) is 32.3 Å². The fourth-order valence-corrected chi connectivity index (χ4v) is 2.89. The van der Waals surface area contributed by atoms with E-state index in [1.54, 1.807) is 0 Å². The molecule has 0 radical (unpaired) electrons. The first-order valence-corrected chi connectivity index (χ1v) is 6.66. The van der Waals surface area contributed by atoms with Gasteiger partial charge in [-0.3, -0.25) is 9.88 Å². The SMILES string of the molecule is CC1(C)CCCN(Cc2cncc(Br)c2)C1. The summed E-state index contributed by atoms with van der Waals surface area (Å²) in [6, 6.07) is 2.16. The highest BCUT2D eigenvalue weighted by Gasteiger charge is 2.26. The van der Waals surface area contributed by atoms with E-state index in [1.807, 2.05) is 12.4 Å². The summed E-state index contributed by atoms with van der Waals surface area (Å²) in [6.07, 6.45) is 6.46. The van der Waals surface area contributed by atoms with Crippen LogP contribution < -0.4 is 0 Å². The van der Waals surface area contributed by atoms with Crippen molar-refractivity contribution in [2.75, 3.05) is 13.1 Å². The van der Waals surface area contributed by atoms with Gasteiger partial charge in [0.1, 0.15) is 0 Å². The van der Waals surface area contributed by atoms with Gasteiger partial charge >= 0.3 is 0 Å². The van der Waals surface area contributed by atoms with Crippen LogP contribution in [0.3, 0.4) is 0 Å². The summed E-state index contributed by atoms with van der Waals surface area (Å²) >= 11 is 3.47. The van der Waals surface area contributed by atoms with Crippen LogP contribution in [0.2, 0.25) is 0 Å². The van der Waals surface area contributed by atoms with Crippen LogP contribution in [0.15, 0.2) is 22.9 Å². The molecule has 88 valence electrons. The molecule has 1 aromatic heterocycles. The van der Waals surface area contributed by atoms with Gasteiger partial charge in [-0.15, -0.1) is 0 Å². The normalized spacial score (nSPS) is 20.9. The van der Waals surface area contributed by atoms with Crippen molar-refractivity contribution in [1.29, 1.82) is 0 Å². The molecule has 1 aliphatic heterocycles. The van der Waals surface area contributed by atoms with Crippen LogP contribution in [0.5, 0.6) is 0 Å². The lowest BCUT2D eigenvalue weighted by Crippen LogP contribution is -2.39. The molecule has 16 heavy (non-hydrogen) atoms. The first-order valence-electron chi connectivity index (χ1n) is 5.87. The Hall–Kier alpha value is -0.410. The predicted octanol–water partition coefficient (Wildman–Crippen LogP) is 3.47. The molecular formula is C13H19BrN2. The van der Waals surface area contributed by atoms with Crippen molar-refractivity contribution < 1.29 is 0 Å². The van der Waals surface area contributed by atoms with Gasteiger partial charge in [0.15, 0.2) is 0 Å². The Morgan fingerprint density at radius 3 is 2.94 bits per heavy atom. The molecule has 2 rings (SSSR count). The minimum Gasteiger partial charge on any atom is -0.298 e. The number of rotatable bonds is 2. The van der Waals surface area contributed by atoms with E-state index in [2.05, 4.69) is 45.7 Å². The monoisotopic (exact) mass is 282 g/mol. The summed E-state index contributed by atoms with van der Waals surface area (Å²) in [6.45, 7) is 8.15. The summed E-state index contributed by atoms with van der Waals surface area (Å²) in [7, 11) is 0. The maximum atomic E-state index is 4.21. The molecule has 1 saturated heterocycles. The van der Waals surface area contributed by atoms with E-state index in [-0.39, 0.29) is 0 Å². The number of aromatic nitrogens is 1. The number of halogens is 1. The summed E-state index contributed by atoms with van der Waals surface area (Å²) in [4.78, 5) is 6.75. The average molecular weight is 283 g/mol. The van der Waals surface area contributed by atoms with Crippen molar-refractivity contribution in [3.63, 3.8) is 0 Å². The predicted molar refractivity (Wildman–Crippen MR) is 70.2 cm³/mol. The van der Waals surface area contributed by atoms with Gasteiger partial charge in [-0.1, -0.05) is 13.8 Å². The molecule has 0 atom stereocenters. The molecule has 0 amide bonds. The van der Waals surface area contributed by atoms with Gasteiger partial charge < -0.3 is 0 Å². The van der Waals surface area contributed by atoms with E-state index in [4.69, 9.17) is 0 Å². The molecule has 0 aliphatic carbocycles. The molecule has 0 bridgehead atoms. The summed E-state index contributed by atoms with van der Waals surface area (Å²) in [5.41, 5.74) is 1.77. The zero-order valence-corrected chi connectivity index (χ0v) is 11.6. The number of hydrogen-bond acceptors (Lipinski definition) is 2. The largest absolute Gasteiger partial charge is 0.298 e. The van der Waals surface area contributed by atoms with Crippen molar-refractivity contribution in [3.8, 4) is 0 Å². The lowest BCUT2D eigenvalue weighted by Gasteiger charge is -2.38. The van der Waals surface area contributed by atoms with Crippen molar-refractivity contribution in [3.05, 3.63) is 28.5 Å². The Morgan fingerprint density at radius 1 is 1.44 bits per heavy atom. The molecule has 2 heterocycles. The third kappa shape index (κ3) is 3.29. The fourth-order valence-electron chi connectivity index (χ4n) is 2.48. The average Bonchev–Trinajstić information content (AvgIpc) is 2.15. The van der Waals surface area contributed by atoms with E-state index < -0.39 is 0 Å². The molecule has 0 unspecified atom stereocenters. The highest BCUT2D eigenvalue weighted by Crippen LogP contribution is 2.29. The number of nitrogens with zero attached hydrogens (tertiary/aromatic N) is 2. The Kier molecular flexibility index (Phi) is 3.65. The molecule has 1 aliphatic rings. The van der Waals surface area contributed by atoms with Crippen LogP contribution in [0.4, 0.5) is 0 Å². The standard InChI is InChI=1S/C13H19BrN2/c1-13(2)4-3-5-16(10-13)9-11-6-12(14)8-15-7-11/h6-8H,3-5,9-10H2,1-2H3.